The van der Waals surface area contributed by atoms with Crippen molar-refractivity contribution < 1.29 is 0 Å². The summed E-state index contributed by atoms with van der Waals surface area (Å²) in [6.07, 6.45) is 2.38. The summed E-state index contributed by atoms with van der Waals surface area (Å²) in [7, 11) is 0. The van der Waals surface area contributed by atoms with Crippen LogP contribution in [0.5, 0.6) is 0 Å². The Labute approximate surface area is 78.0 Å². The van der Waals surface area contributed by atoms with Crippen LogP contribution >= 0.6 is 11.3 Å². The van der Waals surface area contributed by atoms with Crippen LogP contribution in [0.1, 0.15) is 43.6 Å². The Bertz CT molecular complexity index is 253. The summed E-state index contributed by atoms with van der Waals surface area (Å²) in [4.78, 5) is 0. The van der Waals surface area contributed by atoms with E-state index < -0.39 is 0 Å². The Morgan fingerprint density at radius 2 is 2.00 bits per heavy atom. The second kappa shape index (κ2) is 3.52. The molecule has 3 heteroatoms. The van der Waals surface area contributed by atoms with E-state index in [-0.39, 0.29) is 5.41 Å². The highest BCUT2D eigenvalue weighted by molar-refractivity contribution is 7.11. The van der Waals surface area contributed by atoms with Gasteiger partial charge in [0.25, 0.3) is 0 Å². The molecule has 1 aromatic rings. The van der Waals surface area contributed by atoms with Crippen LogP contribution in [0.25, 0.3) is 0 Å². The third kappa shape index (κ3) is 2.03. The predicted octanol–water partition coefficient (Wildman–Crippen LogP) is 2.92. The fourth-order valence-electron chi connectivity index (χ4n) is 1.30. The highest BCUT2D eigenvalue weighted by Crippen LogP contribution is 2.30. The standard InChI is InChI=1S/C9H16N2S/c1-5-6-9(3,4)8-11-10-7(2)12-8/h5-6H2,1-4H3. The molecule has 0 N–H and O–H groups in total. The molecular weight excluding hydrogens is 168 g/mol. The summed E-state index contributed by atoms with van der Waals surface area (Å²) in [6.45, 7) is 8.67. The van der Waals surface area contributed by atoms with E-state index in [4.69, 9.17) is 0 Å². The molecule has 0 spiro atoms. The number of hydrogen-bond acceptors (Lipinski definition) is 3. The zero-order chi connectivity index (χ0) is 9.19. The number of hydrogen-bond donors (Lipinski definition) is 0. The maximum Gasteiger partial charge on any atom is 0.123 e. The molecule has 0 bridgehead atoms. The van der Waals surface area contributed by atoms with Gasteiger partial charge in [-0.3, -0.25) is 0 Å². The van der Waals surface area contributed by atoms with Crippen LogP contribution in [-0.2, 0) is 5.41 Å². The van der Waals surface area contributed by atoms with Gasteiger partial charge in [-0.25, -0.2) is 0 Å². The monoisotopic (exact) mass is 184 g/mol. The van der Waals surface area contributed by atoms with Gasteiger partial charge in [-0.05, 0) is 13.3 Å². The molecule has 0 aliphatic heterocycles. The fraction of sp³-hybridized carbons (Fsp3) is 0.778. The number of aryl methyl sites for hydroxylation is 1. The van der Waals surface area contributed by atoms with Crippen LogP contribution in [0, 0.1) is 6.92 Å². The molecule has 0 aliphatic rings. The van der Waals surface area contributed by atoms with Gasteiger partial charge in [-0.1, -0.05) is 27.2 Å². The fourth-order valence-corrected chi connectivity index (χ4v) is 2.12. The molecular formula is C9H16N2S. The zero-order valence-corrected chi connectivity index (χ0v) is 9.03. The molecule has 2 nitrogen and oxygen atoms in total. The van der Waals surface area contributed by atoms with E-state index in [1.807, 2.05) is 6.92 Å². The average Bonchev–Trinajstić information content (AvgIpc) is 2.36. The van der Waals surface area contributed by atoms with Gasteiger partial charge in [0.2, 0.25) is 0 Å². The van der Waals surface area contributed by atoms with E-state index in [9.17, 15) is 0 Å². The quantitative estimate of drug-likeness (QED) is 0.722. The minimum atomic E-state index is 0.209. The molecule has 0 aromatic carbocycles. The average molecular weight is 184 g/mol. The summed E-state index contributed by atoms with van der Waals surface area (Å²) in [6, 6.07) is 0. The Morgan fingerprint density at radius 1 is 1.33 bits per heavy atom. The molecule has 0 atom stereocenters. The van der Waals surface area contributed by atoms with Gasteiger partial charge < -0.3 is 0 Å². The van der Waals surface area contributed by atoms with Crippen molar-refractivity contribution in [1.82, 2.24) is 10.2 Å². The van der Waals surface area contributed by atoms with Gasteiger partial charge in [0.15, 0.2) is 0 Å². The third-order valence-electron chi connectivity index (χ3n) is 1.98. The van der Waals surface area contributed by atoms with Crippen molar-refractivity contribution in [2.24, 2.45) is 0 Å². The number of rotatable bonds is 3. The lowest BCUT2D eigenvalue weighted by atomic mass is 9.89. The summed E-state index contributed by atoms with van der Waals surface area (Å²) in [5, 5.41) is 10.4. The van der Waals surface area contributed by atoms with E-state index in [0.717, 1.165) is 5.01 Å². The van der Waals surface area contributed by atoms with Gasteiger partial charge in [0, 0.05) is 5.41 Å². The molecule has 68 valence electrons. The van der Waals surface area contributed by atoms with Crippen LogP contribution < -0.4 is 0 Å². The Kier molecular flexibility index (Phi) is 2.83. The van der Waals surface area contributed by atoms with E-state index >= 15 is 0 Å². The van der Waals surface area contributed by atoms with Crippen molar-refractivity contribution in [2.75, 3.05) is 0 Å². The molecule has 1 heterocycles. The van der Waals surface area contributed by atoms with E-state index in [2.05, 4.69) is 31.0 Å². The highest BCUT2D eigenvalue weighted by atomic mass is 32.1. The Hall–Kier alpha value is -0.440. The predicted molar refractivity (Wildman–Crippen MR) is 52.6 cm³/mol. The number of nitrogens with zero attached hydrogens (tertiary/aromatic N) is 2. The topological polar surface area (TPSA) is 25.8 Å². The lowest BCUT2D eigenvalue weighted by molar-refractivity contribution is 0.467. The molecule has 0 amide bonds. The molecule has 0 unspecified atom stereocenters. The van der Waals surface area contributed by atoms with Gasteiger partial charge in [-0.15, -0.1) is 21.5 Å². The second-order valence-electron chi connectivity index (χ2n) is 3.76. The first kappa shape index (κ1) is 9.65. The normalized spacial score (nSPS) is 12.0. The highest BCUT2D eigenvalue weighted by Gasteiger charge is 2.23. The number of aromatic nitrogens is 2. The Morgan fingerprint density at radius 3 is 2.42 bits per heavy atom. The lowest BCUT2D eigenvalue weighted by Crippen LogP contribution is -2.16. The third-order valence-corrected chi connectivity index (χ3v) is 3.18. The van der Waals surface area contributed by atoms with Crippen LogP contribution in [0.15, 0.2) is 0 Å². The van der Waals surface area contributed by atoms with Crippen LogP contribution in [0.2, 0.25) is 0 Å². The van der Waals surface area contributed by atoms with Crippen molar-refractivity contribution in [3.05, 3.63) is 10.0 Å². The summed E-state index contributed by atoms with van der Waals surface area (Å²) in [5.74, 6) is 0. The minimum absolute atomic E-state index is 0.209. The first-order valence-corrected chi connectivity index (χ1v) is 5.18. The molecule has 0 fully saturated rings. The van der Waals surface area contributed by atoms with Crippen LogP contribution in [-0.4, -0.2) is 10.2 Å². The molecule has 1 rings (SSSR count). The van der Waals surface area contributed by atoms with Crippen LogP contribution in [0.3, 0.4) is 0 Å². The van der Waals surface area contributed by atoms with Gasteiger partial charge in [0.1, 0.15) is 10.0 Å². The van der Waals surface area contributed by atoms with Crippen molar-refractivity contribution in [2.45, 2.75) is 46.0 Å². The molecule has 12 heavy (non-hydrogen) atoms. The van der Waals surface area contributed by atoms with Gasteiger partial charge in [-0.2, -0.15) is 0 Å². The molecule has 0 saturated heterocycles. The maximum atomic E-state index is 4.17. The first-order valence-electron chi connectivity index (χ1n) is 4.37. The largest absolute Gasteiger partial charge is 0.144 e. The summed E-state index contributed by atoms with van der Waals surface area (Å²) >= 11 is 1.71. The van der Waals surface area contributed by atoms with E-state index in [1.54, 1.807) is 11.3 Å². The molecule has 0 radical (unpaired) electrons. The van der Waals surface area contributed by atoms with E-state index in [1.165, 1.54) is 17.8 Å². The minimum Gasteiger partial charge on any atom is -0.144 e. The van der Waals surface area contributed by atoms with Gasteiger partial charge in [0.05, 0.1) is 0 Å². The zero-order valence-electron chi connectivity index (χ0n) is 8.22. The summed E-state index contributed by atoms with van der Waals surface area (Å²) < 4.78 is 0. The van der Waals surface area contributed by atoms with Crippen molar-refractivity contribution >= 4 is 11.3 Å². The summed E-state index contributed by atoms with van der Waals surface area (Å²) in [5.41, 5.74) is 0.209. The lowest BCUT2D eigenvalue weighted by Gasteiger charge is -2.19. The van der Waals surface area contributed by atoms with Crippen LogP contribution in [0.4, 0.5) is 0 Å². The molecule has 0 saturated carbocycles. The van der Waals surface area contributed by atoms with Crippen molar-refractivity contribution in [1.29, 1.82) is 0 Å². The van der Waals surface area contributed by atoms with Gasteiger partial charge >= 0.3 is 0 Å². The Balaban J connectivity index is 2.81. The maximum absolute atomic E-state index is 4.17. The van der Waals surface area contributed by atoms with Crippen molar-refractivity contribution in [3.63, 3.8) is 0 Å². The molecule has 0 aliphatic carbocycles. The smallest absolute Gasteiger partial charge is 0.123 e. The SMILES string of the molecule is CCCC(C)(C)c1nnc(C)s1. The molecule has 1 aromatic heterocycles. The second-order valence-corrected chi connectivity index (χ2v) is 4.94. The first-order chi connectivity index (χ1) is 5.56. The van der Waals surface area contributed by atoms with Crippen molar-refractivity contribution in [3.8, 4) is 0 Å². The van der Waals surface area contributed by atoms with E-state index in [0.29, 0.717) is 0 Å².